The molecular formula is C13H20N6OS. The van der Waals surface area contributed by atoms with Gasteiger partial charge in [0.1, 0.15) is 10.7 Å². The minimum atomic E-state index is -0.203. The largest absolute Gasteiger partial charge is 0.382 e. The van der Waals surface area contributed by atoms with Gasteiger partial charge >= 0.3 is 0 Å². The van der Waals surface area contributed by atoms with Crippen molar-refractivity contribution in [3.05, 3.63) is 22.8 Å². The highest BCUT2D eigenvalue weighted by molar-refractivity contribution is 7.18. The molecule has 2 aromatic heterocycles. The van der Waals surface area contributed by atoms with Crippen molar-refractivity contribution in [1.82, 2.24) is 20.1 Å². The summed E-state index contributed by atoms with van der Waals surface area (Å²) < 4.78 is 1.79. The first-order valence-electron chi connectivity index (χ1n) is 6.76. The summed E-state index contributed by atoms with van der Waals surface area (Å²) in [5, 5.41) is 10.8. The number of amides is 1. The van der Waals surface area contributed by atoms with E-state index in [2.05, 4.69) is 20.7 Å². The molecule has 7 nitrogen and oxygen atoms in total. The van der Waals surface area contributed by atoms with E-state index in [0.717, 1.165) is 5.56 Å². The minimum Gasteiger partial charge on any atom is -0.382 e. The molecule has 0 spiro atoms. The van der Waals surface area contributed by atoms with Crippen LogP contribution >= 0.6 is 11.3 Å². The molecule has 0 atom stereocenters. The van der Waals surface area contributed by atoms with Crippen LogP contribution in [-0.4, -0.2) is 33.3 Å². The fraction of sp³-hybridized carbons (Fsp3) is 0.462. The summed E-state index contributed by atoms with van der Waals surface area (Å²) in [6.45, 7) is 7.09. The summed E-state index contributed by atoms with van der Waals surface area (Å²) in [5.74, 6) is 0.0567. The van der Waals surface area contributed by atoms with E-state index in [1.807, 2.05) is 27.0 Å². The van der Waals surface area contributed by atoms with Gasteiger partial charge in [0.15, 0.2) is 5.13 Å². The van der Waals surface area contributed by atoms with Crippen LogP contribution in [0.15, 0.2) is 12.4 Å². The van der Waals surface area contributed by atoms with Gasteiger partial charge in [-0.1, -0.05) is 11.3 Å². The van der Waals surface area contributed by atoms with Gasteiger partial charge in [0.2, 0.25) is 0 Å². The van der Waals surface area contributed by atoms with Gasteiger partial charge in [-0.3, -0.25) is 9.48 Å². The van der Waals surface area contributed by atoms with Crippen LogP contribution in [0, 0.1) is 6.92 Å². The minimum absolute atomic E-state index is 0.203. The lowest BCUT2D eigenvalue weighted by molar-refractivity contribution is 0.0956. The number of aromatic nitrogens is 3. The van der Waals surface area contributed by atoms with Crippen molar-refractivity contribution in [2.45, 2.75) is 33.4 Å². The van der Waals surface area contributed by atoms with Gasteiger partial charge in [0.25, 0.3) is 5.91 Å². The molecule has 114 valence electrons. The number of nitrogens with one attached hydrogen (secondary N) is 2. The summed E-state index contributed by atoms with van der Waals surface area (Å²) in [7, 11) is 0. The predicted molar refractivity (Wildman–Crippen MR) is 84.6 cm³/mol. The first-order valence-corrected chi connectivity index (χ1v) is 7.57. The van der Waals surface area contributed by atoms with Crippen molar-refractivity contribution in [2.24, 2.45) is 0 Å². The highest BCUT2D eigenvalue weighted by atomic mass is 32.1. The summed E-state index contributed by atoms with van der Waals surface area (Å²) in [5.41, 5.74) is 6.88. The van der Waals surface area contributed by atoms with Gasteiger partial charge < -0.3 is 16.4 Å². The zero-order chi connectivity index (χ0) is 15.4. The van der Waals surface area contributed by atoms with Gasteiger partial charge in [-0.05, 0) is 26.3 Å². The maximum absolute atomic E-state index is 12.1. The molecule has 1 amide bonds. The first kappa shape index (κ1) is 15.3. The highest BCUT2D eigenvalue weighted by Crippen LogP contribution is 2.25. The topological polar surface area (TPSA) is 97.9 Å². The van der Waals surface area contributed by atoms with Crippen molar-refractivity contribution in [1.29, 1.82) is 0 Å². The van der Waals surface area contributed by atoms with Gasteiger partial charge in [0, 0.05) is 18.8 Å². The van der Waals surface area contributed by atoms with Crippen LogP contribution in [0.1, 0.15) is 29.1 Å². The molecule has 2 rings (SSSR count). The van der Waals surface area contributed by atoms with Gasteiger partial charge in [-0.25, -0.2) is 4.98 Å². The smallest absolute Gasteiger partial charge is 0.265 e. The van der Waals surface area contributed by atoms with Crippen molar-refractivity contribution in [2.75, 3.05) is 17.6 Å². The van der Waals surface area contributed by atoms with Crippen molar-refractivity contribution in [3.8, 4) is 0 Å². The predicted octanol–water partition coefficient (Wildman–Crippen LogP) is 1.48. The lowest BCUT2D eigenvalue weighted by Gasteiger charge is -2.04. The van der Waals surface area contributed by atoms with E-state index in [-0.39, 0.29) is 17.8 Å². The molecule has 0 aliphatic carbocycles. The fourth-order valence-corrected chi connectivity index (χ4v) is 2.70. The Hall–Kier alpha value is -2.09. The van der Waals surface area contributed by atoms with E-state index >= 15 is 0 Å². The van der Waals surface area contributed by atoms with E-state index in [0.29, 0.717) is 23.1 Å². The summed E-state index contributed by atoms with van der Waals surface area (Å²) in [4.78, 5) is 16.7. The Morgan fingerprint density at radius 3 is 2.90 bits per heavy atom. The van der Waals surface area contributed by atoms with Gasteiger partial charge in [-0.2, -0.15) is 5.10 Å². The van der Waals surface area contributed by atoms with Crippen LogP contribution in [0.25, 0.3) is 0 Å². The normalized spacial score (nSPS) is 10.9. The van der Waals surface area contributed by atoms with Crippen LogP contribution < -0.4 is 16.4 Å². The third kappa shape index (κ3) is 4.19. The lowest BCUT2D eigenvalue weighted by Crippen LogP contribution is -2.27. The van der Waals surface area contributed by atoms with Crippen molar-refractivity contribution >= 4 is 28.2 Å². The van der Waals surface area contributed by atoms with Crippen molar-refractivity contribution in [3.63, 3.8) is 0 Å². The quantitative estimate of drug-likeness (QED) is 0.751. The Kier molecular flexibility index (Phi) is 4.79. The Balaban J connectivity index is 1.89. The zero-order valence-corrected chi connectivity index (χ0v) is 13.2. The second-order valence-corrected chi connectivity index (χ2v) is 6.07. The molecule has 4 N–H and O–H groups in total. The molecule has 0 aromatic carbocycles. The van der Waals surface area contributed by atoms with E-state index in [1.54, 1.807) is 10.9 Å². The lowest BCUT2D eigenvalue weighted by atomic mass is 10.4. The number of carbonyl (C=O) groups excluding carboxylic acids is 1. The second-order valence-electron chi connectivity index (χ2n) is 5.07. The number of nitrogens with zero attached hydrogens (tertiary/aromatic N) is 3. The van der Waals surface area contributed by atoms with E-state index in [4.69, 9.17) is 5.73 Å². The average molecular weight is 308 g/mol. The maximum Gasteiger partial charge on any atom is 0.265 e. The number of rotatable bonds is 6. The number of anilines is 2. The fourth-order valence-electron chi connectivity index (χ4n) is 1.76. The number of nitrogens with two attached hydrogens (primary N) is 1. The third-order valence-corrected chi connectivity index (χ3v) is 3.66. The van der Waals surface area contributed by atoms with Crippen LogP contribution in [-0.2, 0) is 6.54 Å². The SMILES string of the molecule is Cc1cnn(CCNC(=O)c2sc(NC(C)C)nc2N)c1. The van der Waals surface area contributed by atoms with Gasteiger partial charge in [0.05, 0.1) is 12.7 Å². The molecule has 0 saturated carbocycles. The summed E-state index contributed by atoms with van der Waals surface area (Å²) in [6.07, 6.45) is 3.71. The number of carbonyl (C=O) groups is 1. The number of hydrogen-bond donors (Lipinski definition) is 3. The first-order chi connectivity index (χ1) is 9.95. The maximum atomic E-state index is 12.1. The molecule has 8 heteroatoms. The molecule has 0 saturated heterocycles. The van der Waals surface area contributed by atoms with Gasteiger partial charge in [-0.15, -0.1) is 0 Å². The van der Waals surface area contributed by atoms with Crippen LogP contribution in [0.2, 0.25) is 0 Å². The third-order valence-electron chi connectivity index (χ3n) is 2.66. The molecule has 0 aliphatic heterocycles. The second kappa shape index (κ2) is 6.57. The zero-order valence-electron chi connectivity index (χ0n) is 12.4. The Morgan fingerprint density at radius 2 is 2.29 bits per heavy atom. The average Bonchev–Trinajstić information content (AvgIpc) is 2.95. The molecule has 21 heavy (non-hydrogen) atoms. The molecule has 0 unspecified atom stereocenters. The number of thiazole rings is 1. The molecule has 0 aliphatic rings. The Bertz CT molecular complexity index is 618. The number of aryl methyl sites for hydroxylation is 1. The molecule has 2 aromatic rings. The Labute approximate surface area is 127 Å². The van der Waals surface area contributed by atoms with Crippen LogP contribution in [0.3, 0.4) is 0 Å². The van der Waals surface area contributed by atoms with Crippen molar-refractivity contribution < 1.29 is 4.79 Å². The molecule has 2 heterocycles. The number of hydrogen-bond acceptors (Lipinski definition) is 6. The molecule has 0 bridgehead atoms. The molecular weight excluding hydrogens is 288 g/mol. The number of nitrogen functional groups attached to an aromatic ring is 1. The summed E-state index contributed by atoms with van der Waals surface area (Å²) >= 11 is 1.26. The Morgan fingerprint density at radius 1 is 1.52 bits per heavy atom. The van der Waals surface area contributed by atoms with E-state index in [9.17, 15) is 4.79 Å². The van der Waals surface area contributed by atoms with Crippen LogP contribution in [0.5, 0.6) is 0 Å². The molecule has 0 fully saturated rings. The summed E-state index contributed by atoms with van der Waals surface area (Å²) in [6, 6.07) is 0.245. The highest BCUT2D eigenvalue weighted by Gasteiger charge is 2.16. The monoisotopic (exact) mass is 308 g/mol. The standard InChI is InChI=1S/C13H20N6OS/c1-8(2)17-13-18-11(14)10(21-13)12(20)15-4-5-19-7-9(3)6-16-19/h6-8H,4-5,14H2,1-3H3,(H,15,20)(H,17,18). The van der Waals surface area contributed by atoms with Crippen LogP contribution in [0.4, 0.5) is 10.9 Å². The van der Waals surface area contributed by atoms with E-state index in [1.165, 1.54) is 11.3 Å². The molecule has 0 radical (unpaired) electrons. The van der Waals surface area contributed by atoms with E-state index < -0.39 is 0 Å².